The van der Waals surface area contributed by atoms with Crippen LogP contribution >= 0.6 is 11.3 Å². The average Bonchev–Trinajstić information content (AvgIpc) is 3.07. The largest absolute Gasteiger partial charge is 0.350 e. The summed E-state index contributed by atoms with van der Waals surface area (Å²) < 4.78 is 0. The Balaban J connectivity index is 1.54. The van der Waals surface area contributed by atoms with Crippen LogP contribution in [0.15, 0.2) is 60.0 Å². The number of carbonyl (C=O) groups excluding carboxylic acids is 1. The van der Waals surface area contributed by atoms with E-state index in [1.165, 1.54) is 15.6 Å². The minimum absolute atomic E-state index is 0.0360. The third-order valence-corrected chi connectivity index (χ3v) is 4.99. The minimum Gasteiger partial charge on any atom is -0.350 e. The average molecular weight is 323 g/mol. The normalized spacial score (nSPS) is 12.2. The topological polar surface area (TPSA) is 29.1 Å². The lowest BCUT2D eigenvalue weighted by Crippen LogP contribution is -2.26. The monoisotopic (exact) mass is 323 g/mol. The zero-order chi connectivity index (χ0) is 16.1. The summed E-state index contributed by atoms with van der Waals surface area (Å²) in [6, 6.07) is 18.9. The molecule has 118 valence electrons. The number of rotatable bonds is 6. The van der Waals surface area contributed by atoms with Crippen LogP contribution in [0.3, 0.4) is 0 Å². The third kappa shape index (κ3) is 4.20. The van der Waals surface area contributed by atoms with Crippen LogP contribution in [-0.2, 0) is 11.2 Å². The number of aryl methyl sites for hydroxylation is 1. The fraction of sp³-hybridized carbons (Fsp3) is 0.250. The highest BCUT2D eigenvalue weighted by Gasteiger charge is 2.10. The molecule has 2 aromatic carbocycles. The van der Waals surface area contributed by atoms with Crippen molar-refractivity contribution in [2.24, 2.45) is 0 Å². The van der Waals surface area contributed by atoms with Gasteiger partial charge in [0.05, 0.1) is 6.04 Å². The SMILES string of the molecule is C[C@H](NC(=O)CCCc1cccs1)c1ccc2ccccc2c1. The Kier molecular flexibility index (Phi) is 5.09. The molecule has 0 aliphatic rings. The van der Waals surface area contributed by atoms with Crippen LogP contribution in [0.5, 0.6) is 0 Å². The summed E-state index contributed by atoms with van der Waals surface area (Å²) >= 11 is 1.75. The molecule has 1 atom stereocenters. The Hall–Kier alpha value is -2.13. The van der Waals surface area contributed by atoms with Gasteiger partial charge < -0.3 is 5.32 Å². The van der Waals surface area contributed by atoms with Crippen molar-refractivity contribution in [2.75, 3.05) is 0 Å². The Morgan fingerprint density at radius 3 is 2.70 bits per heavy atom. The minimum atomic E-state index is 0.0360. The van der Waals surface area contributed by atoms with Crippen LogP contribution < -0.4 is 5.32 Å². The van der Waals surface area contributed by atoms with E-state index in [9.17, 15) is 4.79 Å². The van der Waals surface area contributed by atoms with Crippen LogP contribution in [-0.4, -0.2) is 5.91 Å². The van der Waals surface area contributed by atoms with Crippen molar-refractivity contribution in [3.8, 4) is 0 Å². The van der Waals surface area contributed by atoms with Gasteiger partial charge in [0.2, 0.25) is 5.91 Å². The van der Waals surface area contributed by atoms with E-state index in [4.69, 9.17) is 0 Å². The maximum Gasteiger partial charge on any atom is 0.220 e. The van der Waals surface area contributed by atoms with Gasteiger partial charge in [0, 0.05) is 11.3 Å². The van der Waals surface area contributed by atoms with Gasteiger partial charge in [0.1, 0.15) is 0 Å². The molecule has 3 aromatic rings. The van der Waals surface area contributed by atoms with Crippen LogP contribution in [0, 0.1) is 0 Å². The number of amides is 1. The number of thiophene rings is 1. The smallest absolute Gasteiger partial charge is 0.220 e. The number of fused-ring (bicyclic) bond motifs is 1. The first-order valence-electron chi connectivity index (χ1n) is 8.03. The first kappa shape index (κ1) is 15.8. The molecule has 1 heterocycles. The molecule has 0 spiro atoms. The molecule has 23 heavy (non-hydrogen) atoms. The highest BCUT2D eigenvalue weighted by Crippen LogP contribution is 2.20. The van der Waals surface area contributed by atoms with E-state index in [0.29, 0.717) is 6.42 Å². The summed E-state index contributed by atoms with van der Waals surface area (Å²) in [4.78, 5) is 13.5. The molecule has 0 saturated heterocycles. The molecule has 1 amide bonds. The quantitative estimate of drug-likeness (QED) is 0.671. The molecule has 1 N–H and O–H groups in total. The molecule has 0 saturated carbocycles. The van der Waals surface area contributed by atoms with E-state index in [1.807, 2.05) is 19.1 Å². The van der Waals surface area contributed by atoms with Gasteiger partial charge in [0.25, 0.3) is 0 Å². The van der Waals surface area contributed by atoms with Crippen LogP contribution in [0.1, 0.15) is 36.2 Å². The zero-order valence-electron chi connectivity index (χ0n) is 13.3. The van der Waals surface area contributed by atoms with Crippen LogP contribution in [0.25, 0.3) is 10.8 Å². The highest BCUT2D eigenvalue weighted by atomic mass is 32.1. The van der Waals surface area contributed by atoms with Crippen molar-refractivity contribution in [3.05, 3.63) is 70.4 Å². The van der Waals surface area contributed by atoms with Crippen LogP contribution in [0.2, 0.25) is 0 Å². The zero-order valence-corrected chi connectivity index (χ0v) is 14.1. The van der Waals surface area contributed by atoms with Crippen molar-refractivity contribution in [3.63, 3.8) is 0 Å². The van der Waals surface area contributed by atoms with Crippen molar-refractivity contribution in [1.29, 1.82) is 0 Å². The summed E-state index contributed by atoms with van der Waals surface area (Å²) in [5, 5.41) is 7.63. The third-order valence-electron chi connectivity index (χ3n) is 4.06. The molecule has 0 bridgehead atoms. The lowest BCUT2D eigenvalue weighted by atomic mass is 10.0. The second-order valence-electron chi connectivity index (χ2n) is 5.83. The Morgan fingerprint density at radius 1 is 1.09 bits per heavy atom. The standard InChI is InChI=1S/C20H21NOS/c1-15(17-12-11-16-6-2-3-7-18(16)14-17)21-20(22)10-4-8-19-9-5-13-23-19/h2-3,5-7,9,11-15H,4,8,10H2,1H3,(H,21,22)/t15-/m0/s1. The van der Waals surface area contributed by atoms with Gasteiger partial charge >= 0.3 is 0 Å². The second-order valence-corrected chi connectivity index (χ2v) is 6.86. The molecule has 0 aliphatic carbocycles. The molecule has 0 aliphatic heterocycles. The van der Waals surface area contributed by atoms with Gasteiger partial charge in [-0.05, 0) is 53.6 Å². The van der Waals surface area contributed by atoms with Gasteiger partial charge in [0.15, 0.2) is 0 Å². The summed E-state index contributed by atoms with van der Waals surface area (Å²) in [5.41, 5.74) is 1.15. The number of hydrogen-bond acceptors (Lipinski definition) is 2. The molecular formula is C20H21NOS. The van der Waals surface area contributed by atoms with Gasteiger partial charge in [-0.15, -0.1) is 11.3 Å². The van der Waals surface area contributed by atoms with Crippen molar-refractivity contribution >= 4 is 28.0 Å². The van der Waals surface area contributed by atoms with Gasteiger partial charge in [-0.1, -0.05) is 42.5 Å². The fourth-order valence-electron chi connectivity index (χ4n) is 2.75. The lowest BCUT2D eigenvalue weighted by molar-refractivity contribution is -0.121. The van der Waals surface area contributed by atoms with Crippen LogP contribution in [0.4, 0.5) is 0 Å². The van der Waals surface area contributed by atoms with Gasteiger partial charge in [-0.25, -0.2) is 0 Å². The molecule has 0 radical (unpaired) electrons. The summed E-state index contributed by atoms with van der Waals surface area (Å²) in [7, 11) is 0. The molecule has 3 heteroatoms. The maximum absolute atomic E-state index is 12.1. The van der Waals surface area contributed by atoms with Crippen molar-refractivity contribution in [2.45, 2.75) is 32.2 Å². The van der Waals surface area contributed by atoms with E-state index < -0.39 is 0 Å². The highest BCUT2D eigenvalue weighted by molar-refractivity contribution is 7.09. The van der Waals surface area contributed by atoms with E-state index >= 15 is 0 Å². The number of hydrogen-bond donors (Lipinski definition) is 1. The Morgan fingerprint density at radius 2 is 1.91 bits per heavy atom. The van der Waals surface area contributed by atoms with Gasteiger partial charge in [-0.2, -0.15) is 0 Å². The van der Waals surface area contributed by atoms with Crippen molar-refractivity contribution < 1.29 is 4.79 Å². The van der Waals surface area contributed by atoms with E-state index in [-0.39, 0.29) is 11.9 Å². The summed E-state index contributed by atoms with van der Waals surface area (Å²) in [6.45, 7) is 2.04. The molecule has 3 rings (SSSR count). The predicted octanol–water partition coefficient (Wildman–Crippen LogP) is 5.10. The summed E-state index contributed by atoms with van der Waals surface area (Å²) in [5.74, 6) is 0.127. The second kappa shape index (κ2) is 7.42. The molecule has 0 unspecified atom stereocenters. The van der Waals surface area contributed by atoms with E-state index in [1.54, 1.807) is 11.3 Å². The summed E-state index contributed by atoms with van der Waals surface area (Å²) in [6.07, 6.45) is 2.46. The fourth-order valence-corrected chi connectivity index (χ4v) is 3.50. The van der Waals surface area contributed by atoms with E-state index in [2.05, 4.69) is 53.2 Å². The van der Waals surface area contributed by atoms with E-state index in [0.717, 1.165) is 18.4 Å². The first-order chi connectivity index (χ1) is 11.2. The molecule has 1 aromatic heterocycles. The Labute approximate surface area is 141 Å². The number of benzene rings is 2. The predicted molar refractivity (Wildman–Crippen MR) is 97.8 cm³/mol. The molecule has 0 fully saturated rings. The molecular weight excluding hydrogens is 302 g/mol. The first-order valence-corrected chi connectivity index (χ1v) is 8.91. The maximum atomic E-state index is 12.1. The number of carbonyl (C=O) groups is 1. The van der Waals surface area contributed by atoms with Gasteiger partial charge in [-0.3, -0.25) is 4.79 Å². The Bertz CT molecular complexity index is 779. The lowest BCUT2D eigenvalue weighted by Gasteiger charge is -2.15. The number of nitrogens with one attached hydrogen (secondary N) is 1. The van der Waals surface area contributed by atoms with Crippen molar-refractivity contribution in [1.82, 2.24) is 5.32 Å². The molecule has 2 nitrogen and oxygen atoms in total.